The number of carbonyl (C=O) groups excluding carboxylic acids is 2. The van der Waals surface area contributed by atoms with Gasteiger partial charge in [-0.3, -0.25) is 9.59 Å². The van der Waals surface area contributed by atoms with E-state index in [2.05, 4.69) is 4.74 Å². The van der Waals surface area contributed by atoms with E-state index in [1.165, 1.54) is 18.9 Å². The normalized spacial score (nSPS) is 12.0. The highest BCUT2D eigenvalue weighted by molar-refractivity contribution is 7.99. The fourth-order valence-corrected chi connectivity index (χ4v) is 2.60. The van der Waals surface area contributed by atoms with Crippen LogP contribution in [0.1, 0.15) is 18.4 Å². The largest absolute Gasteiger partial charge is 0.469 e. The zero-order chi connectivity index (χ0) is 15.1. The molecule has 1 atom stereocenters. The van der Waals surface area contributed by atoms with E-state index in [-0.39, 0.29) is 17.8 Å². The second kappa shape index (κ2) is 7.99. The fourth-order valence-electron chi connectivity index (χ4n) is 1.59. The summed E-state index contributed by atoms with van der Waals surface area (Å²) in [6, 6.07) is 3.74. The first-order chi connectivity index (χ1) is 9.43. The van der Waals surface area contributed by atoms with Crippen LogP contribution in [0.5, 0.6) is 0 Å². The Kier molecular flexibility index (Phi) is 6.64. The summed E-state index contributed by atoms with van der Waals surface area (Å²) in [6.45, 7) is 4.12. The molecule has 0 spiro atoms. The average molecular weight is 299 g/mol. The number of hydrogen-bond donors (Lipinski definition) is 0. The van der Waals surface area contributed by atoms with Crippen LogP contribution in [-0.2, 0) is 20.9 Å². The molecule has 0 N–H and O–H groups in total. The summed E-state index contributed by atoms with van der Waals surface area (Å²) in [5, 5.41) is 0. The maximum absolute atomic E-state index is 11.9. The number of hydrogen-bond acceptors (Lipinski definition) is 5. The molecule has 0 saturated heterocycles. The number of aryl methyl sites for hydroxylation is 1. The van der Waals surface area contributed by atoms with Gasteiger partial charge in [0.05, 0.1) is 25.3 Å². The Bertz CT molecular complexity index is 458. The predicted octanol–water partition coefficient (Wildman–Crippen LogP) is 2.09. The monoisotopic (exact) mass is 299 g/mol. The smallest absolute Gasteiger partial charge is 0.309 e. The molecule has 0 radical (unpaired) electrons. The molecule has 112 valence electrons. The third-order valence-electron chi connectivity index (χ3n) is 2.81. The highest BCUT2D eigenvalue weighted by atomic mass is 32.2. The van der Waals surface area contributed by atoms with Crippen molar-refractivity contribution in [1.29, 1.82) is 0 Å². The third-order valence-corrected chi connectivity index (χ3v) is 4.00. The van der Waals surface area contributed by atoms with E-state index in [0.29, 0.717) is 18.1 Å². The van der Waals surface area contributed by atoms with Crippen molar-refractivity contribution >= 4 is 23.6 Å². The molecule has 5 nitrogen and oxygen atoms in total. The summed E-state index contributed by atoms with van der Waals surface area (Å²) < 4.78 is 10.1. The maximum Gasteiger partial charge on any atom is 0.309 e. The minimum absolute atomic E-state index is 0.0149. The lowest BCUT2D eigenvalue weighted by Gasteiger charge is -2.16. The number of nitrogens with zero attached hydrogens (tertiary/aromatic N) is 1. The molecule has 0 fully saturated rings. The number of rotatable bonds is 7. The van der Waals surface area contributed by atoms with Gasteiger partial charge in [0, 0.05) is 12.8 Å². The number of thioether (sulfide) groups is 1. The SMILES string of the molecule is COC(=O)C(C)CSCC(=O)N(C)Cc1ccc(C)o1. The van der Waals surface area contributed by atoms with Gasteiger partial charge in [0.25, 0.3) is 0 Å². The van der Waals surface area contributed by atoms with Crippen molar-refractivity contribution in [1.82, 2.24) is 4.90 Å². The molecule has 0 aliphatic rings. The molecule has 6 heteroatoms. The molecule has 0 aliphatic carbocycles. The van der Waals surface area contributed by atoms with E-state index >= 15 is 0 Å². The second-order valence-corrected chi connectivity index (χ2v) is 5.73. The minimum Gasteiger partial charge on any atom is -0.469 e. The van der Waals surface area contributed by atoms with Crippen LogP contribution in [-0.4, -0.2) is 42.4 Å². The van der Waals surface area contributed by atoms with Gasteiger partial charge in [-0.05, 0) is 19.1 Å². The van der Waals surface area contributed by atoms with Crippen molar-refractivity contribution in [2.45, 2.75) is 20.4 Å². The van der Waals surface area contributed by atoms with E-state index in [9.17, 15) is 9.59 Å². The molecule has 0 saturated carbocycles. The number of amides is 1. The molecule has 0 aliphatic heterocycles. The van der Waals surface area contributed by atoms with Crippen molar-refractivity contribution in [3.8, 4) is 0 Å². The number of ether oxygens (including phenoxy) is 1. The molecular weight excluding hydrogens is 278 g/mol. The number of furan rings is 1. The van der Waals surface area contributed by atoms with Crippen molar-refractivity contribution < 1.29 is 18.7 Å². The van der Waals surface area contributed by atoms with Crippen LogP contribution in [0.3, 0.4) is 0 Å². The molecule has 1 unspecified atom stereocenters. The standard InChI is InChI=1S/C14H21NO4S/c1-10(14(17)18-4)8-20-9-13(16)15(3)7-12-6-5-11(2)19-12/h5-6,10H,7-9H2,1-4H3. The lowest BCUT2D eigenvalue weighted by Crippen LogP contribution is -2.28. The Morgan fingerprint density at radius 2 is 2.15 bits per heavy atom. The van der Waals surface area contributed by atoms with E-state index in [1.807, 2.05) is 19.1 Å². The van der Waals surface area contributed by atoms with Crippen LogP contribution < -0.4 is 0 Å². The molecular formula is C14H21NO4S. The summed E-state index contributed by atoms with van der Waals surface area (Å²) in [5.41, 5.74) is 0. The first-order valence-corrected chi connectivity index (χ1v) is 7.54. The van der Waals surface area contributed by atoms with Crippen LogP contribution in [0.25, 0.3) is 0 Å². The van der Waals surface area contributed by atoms with E-state index in [4.69, 9.17) is 4.42 Å². The Balaban J connectivity index is 2.30. The van der Waals surface area contributed by atoms with E-state index < -0.39 is 0 Å². The highest BCUT2D eigenvalue weighted by Gasteiger charge is 2.15. The van der Waals surface area contributed by atoms with Crippen LogP contribution in [0, 0.1) is 12.8 Å². The summed E-state index contributed by atoms with van der Waals surface area (Å²) >= 11 is 1.43. The number of methoxy groups -OCH3 is 1. The Morgan fingerprint density at radius 3 is 2.70 bits per heavy atom. The summed E-state index contributed by atoms with van der Waals surface area (Å²) in [5.74, 6) is 2.10. The van der Waals surface area contributed by atoms with Gasteiger partial charge in [0.1, 0.15) is 11.5 Å². The first-order valence-electron chi connectivity index (χ1n) is 6.39. The van der Waals surface area contributed by atoms with Crippen molar-refractivity contribution in [3.63, 3.8) is 0 Å². The maximum atomic E-state index is 11.9. The van der Waals surface area contributed by atoms with Gasteiger partial charge in [-0.15, -0.1) is 0 Å². The lowest BCUT2D eigenvalue weighted by atomic mass is 10.2. The molecule has 1 amide bonds. The first kappa shape index (κ1) is 16.6. The molecule has 1 aromatic heterocycles. The Labute approximate surface area is 123 Å². The molecule has 20 heavy (non-hydrogen) atoms. The van der Waals surface area contributed by atoms with Gasteiger partial charge in [0.2, 0.25) is 5.91 Å². The highest BCUT2D eigenvalue weighted by Crippen LogP contribution is 2.12. The van der Waals surface area contributed by atoms with E-state index in [1.54, 1.807) is 18.9 Å². The fraction of sp³-hybridized carbons (Fsp3) is 0.571. The van der Waals surface area contributed by atoms with Gasteiger partial charge in [-0.2, -0.15) is 11.8 Å². The second-order valence-electron chi connectivity index (χ2n) is 4.70. The molecule has 1 aromatic rings. The van der Waals surface area contributed by atoms with Gasteiger partial charge in [0.15, 0.2) is 0 Å². The van der Waals surface area contributed by atoms with Gasteiger partial charge < -0.3 is 14.1 Å². The molecule has 0 aromatic carbocycles. The number of esters is 1. The van der Waals surface area contributed by atoms with Crippen molar-refractivity contribution in [2.75, 3.05) is 25.7 Å². The van der Waals surface area contributed by atoms with Gasteiger partial charge >= 0.3 is 5.97 Å². The summed E-state index contributed by atoms with van der Waals surface area (Å²) in [4.78, 5) is 24.8. The van der Waals surface area contributed by atoms with Crippen LogP contribution >= 0.6 is 11.8 Å². The zero-order valence-corrected chi connectivity index (χ0v) is 13.2. The minimum atomic E-state index is -0.246. The quantitative estimate of drug-likeness (QED) is 0.722. The topological polar surface area (TPSA) is 59.8 Å². The lowest BCUT2D eigenvalue weighted by molar-refractivity contribution is -0.144. The average Bonchev–Trinajstić information content (AvgIpc) is 2.82. The predicted molar refractivity (Wildman–Crippen MR) is 78.4 cm³/mol. The summed E-state index contributed by atoms with van der Waals surface area (Å²) in [7, 11) is 3.11. The van der Waals surface area contributed by atoms with Crippen LogP contribution in [0.4, 0.5) is 0 Å². The van der Waals surface area contributed by atoms with Crippen LogP contribution in [0.15, 0.2) is 16.5 Å². The third kappa shape index (κ3) is 5.28. The zero-order valence-electron chi connectivity index (χ0n) is 12.3. The van der Waals surface area contributed by atoms with Crippen LogP contribution in [0.2, 0.25) is 0 Å². The van der Waals surface area contributed by atoms with Gasteiger partial charge in [-0.1, -0.05) is 6.92 Å². The molecule has 1 rings (SSSR count). The molecule has 1 heterocycles. The summed E-state index contributed by atoms with van der Waals surface area (Å²) in [6.07, 6.45) is 0. The molecule has 0 bridgehead atoms. The van der Waals surface area contributed by atoms with Crippen molar-refractivity contribution in [3.05, 3.63) is 23.7 Å². The van der Waals surface area contributed by atoms with E-state index in [0.717, 1.165) is 11.5 Å². The van der Waals surface area contributed by atoms with Crippen molar-refractivity contribution in [2.24, 2.45) is 5.92 Å². The Morgan fingerprint density at radius 1 is 1.45 bits per heavy atom. The van der Waals surface area contributed by atoms with Gasteiger partial charge in [-0.25, -0.2) is 0 Å². The number of carbonyl (C=O) groups is 2. The Hall–Kier alpha value is -1.43.